The smallest absolute Gasteiger partial charge is 0.00170 e. The van der Waals surface area contributed by atoms with Crippen LogP contribution in [0.3, 0.4) is 0 Å². The molecule has 0 spiro atoms. The number of rotatable bonds is 3. The number of aryl methyl sites for hydroxylation is 7. The summed E-state index contributed by atoms with van der Waals surface area (Å²) in [6, 6.07) is 42.7. The summed E-state index contributed by atoms with van der Waals surface area (Å²) in [7, 11) is 0. The first-order valence-electron chi connectivity index (χ1n) is 17.1. The molecule has 0 N–H and O–H groups in total. The highest BCUT2D eigenvalue weighted by Gasteiger charge is 1.97. The fourth-order valence-electron chi connectivity index (χ4n) is 4.57. The van der Waals surface area contributed by atoms with Gasteiger partial charge in [0.05, 0.1) is 0 Å². The van der Waals surface area contributed by atoms with Gasteiger partial charge >= 0.3 is 0 Å². The van der Waals surface area contributed by atoms with Crippen molar-refractivity contribution in [2.24, 2.45) is 0 Å². The fourth-order valence-corrected chi connectivity index (χ4v) is 5.35. The molecular weight excluding hydrogens is 609 g/mol. The molecular formula is C48H56S. The van der Waals surface area contributed by atoms with Crippen LogP contribution in [0.5, 0.6) is 0 Å². The summed E-state index contributed by atoms with van der Waals surface area (Å²) >= 11 is 1.84. The molecule has 0 aliphatic heterocycles. The van der Waals surface area contributed by atoms with Crippen molar-refractivity contribution in [1.29, 1.82) is 0 Å². The van der Waals surface area contributed by atoms with E-state index in [2.05, 4.69) is 188 Å². The molecule has 0 nitrogen and oxygen atoms in total. The maximum Gasteiger partial charge on any atom is 0.00170 e. The molecule has 49 heavy (non-hydrogen) atoms. The van der Waals surface area contributed by atoms with E-state index in [4.69, 9.17) is 0 Å². The SMILES string of the molecule is C/C=C/C.C/C=C/c1ccc(C)cc1.Cc1ccc(/C=C/c2ccc(C)cc2)cc1.Cc1ccc(C)c2ccccc12.Cc1ccc(C)s1. The van der Waals surface area contributed by atoms with Crippen LogP contribution in [0.15, 0.2) is 140 Å². The second-order valence-corrected chi connectivity index (χ2v) is 13.6. The molecule has 0 aliphatic rings. The van der Waals surface area contributed by atoms with Crippen molar-refractivity contribution in [3.63, 3.8) is 0 Å². The minimum absolute atomic E-state index is 1.24. The molecule has 1 heteroatoms. The van der Waals surface area contributed by atoms with Crippen molar-refractivity contribution in [2.45, 2.75) is 69.2 Å². The zero-order valence-corrected chi connectivity index (χ0v) is 32.2. The first kappa shape index (κ1) is 40.5. The Morgan fingerprint density at radius 3 is 0.939 bits per heavy atom. The van der Waals surface area contributed by atoms with Gasteiger partial charge in [-0.1, -0.05) is 162 Å². The summed E-state index contributed by atoms with van der Waals surface area (Å²) in [4.78, 5) is 2.80. The van der Waals surface area contributed by atoms with Gasteiger partial charge < -0.3 is 0 Å². The standard InChI is InChI=1S/C16H16.C12H12.C10H12.C6H8S.C4H8/c1-13-3-7-15(8-4-13)11-12-16-9-5-14(2)6-10-16;1-9-7-8-10(2)12-6-4-3-5-11(9)12;1-3-4-10-7-5-9(2)6-8-10;1-5-3-4-6(2)7-5;1-3-4-2/h3-12H,1-2H3;3-8H,1-2H3;3-8H,1-2H3;3-4H,1-2H3;3-4H,1-2H3/b12-11+;;4-3+;;4-3+. The topological polar surface area (TPSA) is 0 Å². The maximum atomic E-state index is 2.18. The number of hydrogen-bond donors (Lipinski definition) is 0. The van der Waals surface area contributed by atoms with Crippen LogP contribution in [0.2, 0.25) is 0 Å². The predicted octanol–water partition coefficient (Wildman–Crippen LogP) is 14.9. The average molecular weight is 665 g/mol. The van der Waals surface area contributed by atoms with Crippen molar-refractivity contribution in [2.75, 3.05) is 0 Å². The van der Waals surface area contributed by atoms with Crippen LogP contribution in [-0.4, -0.2) is 0 Å². The zero-order chi connectivity index (χ0) is 36.0. The lowest BCUT2D eigenvalue weighted by Gasteiger charge is -2.03. The first-order valence-corrected chi connectivity index (χ1v) is 17.9. The Hall–Kier alpha value is -4.72. The van der Waals surface area contributed by atoms with Gasteiger partial charge in [-0.15, -0.1) is 11.3 Å². The second kappa shape index (κ2) is 22.8. The van der Waals surface area contributed by atoms with Crippen LogP contribution in [0, 0.1) is 48.5 Å². The number of benzene rings is 5. The van der Waals surface area contributed by atoms with E-state index in [1.807, 2.05) is 50.3 Å². The van der Waals surface area contributed by atoms with Crippen LogP contribution in [0.4, 0.5) is 0 Å². The molecule has 6 aromatic rings. The fraction of sp³-hybridized carbons (Fsp3) is 0.208. The summed E-state index contributed by atoms with van der Waals surface area (Å²) < 4.78 is 0. The highest BCUT2D eigenvalue weighted by Crippen LogP contribution is 2.21. The maximum absolute atomic E-state index is 2.18. The van der Waals surface area contributed by atoms with E-state index < -0.39 is 0 Å². The molecule has 254 valence electrons. The van der Waals surface area contributed by atoms with Crippen molar-refractivity contribution in [3.05, 3.63) is 194 Å². The van der Waals surface area contributed by atoms with Gasteiger partial charge in [-0.05, 0) is 120 Å². The van der Waals surface area contributed by atoms with Gasteiger partial charge in [0, 0.05) is 9.75 Å². The number of hydrogen-bond acceptors (Lipinski definition) is 1. The van der Waals surface area contributed by atoms with E-state index in [1.54, 1.807) is 0 Å². The Balaban J connectivity index is 0.000000226. The second-order valence-electron chi connectivity index (χ2n) is 12.1. The van der Waals surface area contributed by atoms with E-state index in [9.17, 15) is 0 Å². The largest absolute Gasteiger partial charge is 0.146 e. The lowest BCUT2D eigenvalue weighted by atomic mass is 10.0. The third kappa shape index (κ3) is 16.3. The predicted molar refractivity (Wildman–Crippen MR) is 225 cm³/mol. The molecule has 0 radical (unpaired) electrons. The summed E-state index contributed by atoms with van der Waals surface area (Å²) in [5.74, 6) is 0. The van der Waals surface area contributed by atoms with Crippen LogP contribution in [0.25, 0.3) is 29.0 Å². The molecule has 6 rings (SSSR count). The molecule has 0 saturated heterocycles. The van der Waals surface area contributed by atoms with E-state index in [-0.39, 0.29) is 0 Å². The molecule has 0 unspecified atom stereocenters. The average Bonchev–Trinajstić information content (AvgIpc) is 3.51. The highest BCUT2D eigenvalue weighted by atomic mass is 32.1. The summed E-state index contributed by atoms with van der Waals surface area (Å²) in [5, 5.41) is 2.75. The Bertz CT molecular complexity index is 1750. The van der Waals surface area contributed by atoms with Crippen LogP contribution in [-0.2, 0) is 0 Å². The minimum Gasteiger partial charge on any atom is -0.146 e. The number of allylic oxidation sites excluding steroid dienone is 3. The lowest BCUT2D eigenvalue weighted by molar-refractivity contribution is 1.46. The van der Waals surface area contributed by atoms with Crippen molar-refractivity contribution < 1.29 is 0 Å². The highest BCUT2D eigenvalue weighted by molar-refractivity contribution is 7.11. The Morgan fingerprint density at radius 1 is 0.347 bits per heavy atom. The molecule has 0 atom stereocenters. The molecule has 0 aliphatic carbocycles. The normalized spacial score (nSPS) is 10.4. The van der Waals surface area contributed by atoms with Gasteiger partial charge in [0.2, 0.25) is 0 Å². The van der Waals surface area contributed by atoms with Gasteiger partial charge in [0.15, 0.2) is 0 Å². The Morgan fingerprint density at radius 2 is 0.673 bits per heavy atom. The molecule has 1 aromatic heterocycles. The molecule has 0 bridgehead atoms. The first-order chi connectivity index (χ1) is 23.6. The molecule has 0 fully saturated rings. The van der Waals surface area contributed by atoms with Crippen molar-refractivity contribution in [1.82, 2.24) is 0 Å². The summed E-state index contributed by atoms with van der Waals surface area (Å²) in [6.45, 7) is 20.9. The van der Waals surface area contributed by atoms with Crippen LogP contribution in [0.1, 0.15) is 75.0 Å². The number of fused-ring (bicyclic) bond motifs is 1. The van der Waals surface area contributed by atoms with Crippen LogP contribution < -0.4 is 0 Å². The third-order valence-electron chi connectivity index (χ3n) is 7.63. The lowest BCUT2D eigenvalue weighted by Crippen LogP contribution is -1.80. The van der Waals surface area contributed by atoms with Gasteiger partial charge in [-0.25, -0.2) is 0 Å². The molecule has 5 aromatic carbocycles. The third-order valence-corrected chi connectivity index (χ3v) is 8.54. The van der Waals surface area contributed by atoms with Gasteiger partial charge in [-0.3, -0.25) is 0 Å². The van der Waals surface area contributed by atoms with Crippen molar-refractivity contribution >= 4 is 40.3 Å². The van der Waals surface area contributed by atoms with Gasteiger partial charge in [-0.2, -0.15) is 0 Å². The van der Waals surface area contributed by atoms with E-state index in [0.717, 1.165) is 0 Å². The van der Waals surface area contributed by atoms with Crippen LogP contribution >= 0.6 is 11.3 Å². The minimum atomic E-state index is 1.24. The summed E-state index contributed by atoms with van der Waals surface area (Å²) in [6.07, 6.45) is 12.4. The molecule has 0 saturated carbocycles. The molecule has 0 amide bonds. The van der Waals surface area contributed by atoms with E-state index in [1.165, 1.54) is 65.0 Å². The van der Waals surface area contributed by atoms with Crippen molar-refractivity contribution in [3.8, 4) is 0 Å². The van der Waals surface area contributed by atoms with Gasteiger partial charge in [0.1, 0.15) is 0 Å². The Labute approximate surface area is 302 Å². The quantitative estimate of drug-likeness (QED) is 0.130. The van der Waals surface area contributed by atoms with E-state index in [0.29, 0.717) is 0 Å². The molecule has 1 heterocycles. The zero-order valence-electron chi connectivity index (χ0n) is 31.4. The monoisotopic (exact) mass is 664 g/mol. The van der Waals surface area contributed by atoms with E-state index >= 15 is 0 Å². The van der Waals surface area contributed by atoms with Gasteiger partial charge in [0.25, 0.3) is 0 Å². The Kier molecular flexibility index (Phi) is 18.8. The summed E-state index contributed by atoms with van der Waals surface area (Å²) in [5.41, 5.74) is 10.4. The number of thiophene rings is 1.